The van der Waals surface area contributed by atoms with E-state index in [1.54, 1.807) is 0 Å². The molecule has 0 aromatic carbocycles. The van der Waals surface area contributed by atoms with Crippen LogP contribution in [0.3, 0.4) is 0 Å². The van der Waals surface area contributed by atoms with E-state index >= 15 is 0 Å². The van der Waals surface area contributed by atoms with Crippen molar-refractivity contribution in [3.63, 3.8) is 0 Å². The summed E-state index contributed by atoms with van der Waals surface area (Å²) in [5, 5.41) is 12.0. The van der Waals surface area contributed by atoms with Crippen LogP contribution in [-0.4, -0.2) is 51.0 Å². The molecule has 1 aromatic rings. The van der Waals surface area contributed by atoms with E-state index in [-0.39, 0.29) is 12.0 Å². The summed E-state index contributed by atoms with van der Waals surface area (Å²) in [6.07, 6.45) is 1.80. The third-order valence-corrected chi connectivity index (χ3v) is 4.09. The molecule has 122 valence electrons. The Kier molecular flexibility index (Phi) is 4.08. The first-order chi connectivity index (χ1) is 10.4. The first-order valence-corrected chi connectivity index (χ1v) is 8.04. The highest BCUT2D eigenvalue weighted by molar-refractivity contribution is 5.68. The minimum Gasteiger partial charge on any atom is -0.444 e. The third-order valence-electron chi connectivity index (χ3n) is 4.09. The van der Waals surface area contributed by atoms with Crippen LogP contribution in [-0.2, 0) is 17.8 Å². The molecule has 1 atom stereocenters. The van der Waals surface area contributed by atoms with E-state index in [1.165, 1.54) is 0 Å². The largest absolute Gasteiger partial charge is 0.444 e. The number of rotatable bonds is 1. The van der Waals surface area contributed by atoms with Crippen molar-refractivity contribution in [3.05, 3.63) is 11.6 Å². The number of piperidine rings is 1. The van der Waals surface area contributed by atoms with Crippen molar-refractivity contribution in [2.45, 2.75) is 58.2 Å². The molecule has 1 saturated heterocycles. The molecule has 0 bridgehead atoms. The van der Waals surface area contributed by atoms with Crippen molar-refractivity contribution < 1.29 is 9.53 Å². The van der Waals surface area contributed by atoms with Crippen LogP contribution in [0.4, 0.5) is 4.79 Å². The van der Waals surface area contributed by atoms with Crippen LogP contribution >= 0.6 is 0 Å². The second-order valence-electron chi connectivity index (χ2n) is 7.07. The highest BCUT2D eigenvalue weighted by atomic mass is 16.6. The molecule has 1 aromatic heterocycles. The Balaban J connectivity index is 1.71. The van der Waals surface area contributed by atoms with Gasteiger partial charge in [-0.1, -0.05) is 0 Å². The summed E-state index contributed by atoms with van der Waals surface area (Å²) in [6, 6.07) is 0. The van der Waals surface area contributed by atoms with Gasteiger partial charge in [-0.2, -0.15) is 0 Å². The average molecular weight is 307 g/mol. The Morgan fingerprint density at radius 3 is 2.91 bits per heavy atom. The topological polar surface area (TPSA) is 72.3 Å². The van der Waals surface area contributed by atoms with E-state index in [4.69, 9.17) is 4.74 Å². The maximum Gasteiger partial charge on any atom is 0.410 e. The molecule has 0 aliphatic carbocycles. The Morgan fingerprint density at radius 1 is 1.32 bits per heavy atom. The lowest BCUT2D eigenvalue weighted by molar-refractivity contribution is 0.0194. The lowest BCUT2D eigenvalue weighted by Crippen LogP contribution is -2.43. The second-order valence-corrected chi connectivity index (χ2v) is 7.07. The van der Waals surface area contributed by atoms with Gasteiger partial charge in [0.05, 0.1) is 6.54 Å². The Hall–Kier alpha value is -1.63. The van der Waals surface area contributed by atoms with Gasteiger partial charge >= 0.3 is 6.09 Å². The number of fused-ring (bicyclic) bond motifs is 1. The number of hydrogen-bond donors (Lipinski definition) is 1. The van der Waals surface area contributed by atoms with Gasteiger partial charge in [-0.05, 0) is 33.6 Å². The third kappa shape index (κ3) is 3.24. The number of likely N-dealkylation sites (tertiary alicyclic amines) is 1. The molecule has 0 radical (unpaired) electrons. The predicted molar refractivity (Wildman–Crippen MR) is 81.5 cm³/mol. The van der Waals surface area contributed by atoms with Crippen LogP contribution < -0.4 is 5.32 Å². The lowest BCUT2D eigenvalue weighted by Gasteiger charge is -2.34. The van der Waals surface area contributed by atoms with Crippen molar-refractivity contribution in [2.75, 3.05) is 19.6 Å². The fourth-order valence-electron chi connectivity index (χ4n) is 3.10. The molecule has 7 heteroatoms. The number of amides is 1. The smallest absolute Gasteiger partial charge is 0.410 e. The standard InChI is InChI=1S/C15H25N5O2/c1-15(2,3)22-14(21)19-7-4-5-11(10-19)13-18-17-12-9-16-6-8-20(12)13/h11,16H,4-10H2,1-3H3. The summed E-state index contributed by atoms with van der Waals surface area (Å²) in [7, 11) is 0. The van der Waals surface area contributed by atoms with Crippen LogP contribution in [0.1, 0.15) is 51.2 Å². The molecule has 0 saturated carbocycles. The van der Waals surface area contributed by atoms with Crippen LogP contribution in [0.15, 0.2) is 0 Å². The number of ether oxygens (including phenoxy) is 1. The summed E-state index contributed by atoms with van der Waals surface area (Å²) in [4.78, 5) is 14.1. The van der Waals surface area contributed by atoms with Gasteiger partial charge in [-0.25, -0.2) is 4.79 Å². The molecule has 1 amide bonds. The monoisotopic (exact) mass is 307 g/mol. The van der Waals surface area contributed by atoms with E-state index in [1.807, 2.05) is 25.7 Å². The highest BCUT2D eigenvalue weighted by Gasteiger charge is 2.31. The number of carbonyl (C=O) groups excluding carboxylic acids is 1. The van der Waals surface area contributed by atoms with E-state index < -0.39 is 5.60 Å². The highest BCUT2D eigenvalue weighted by Crippen LogP contribution is 2.27. The molecule has 0 spiro atoms. The Morgan fingerprint density at radius 2 is 2.14 bits per heavy atom. The van der Waals surface area contributed by atoms with E-state index in [0.29, 0.717) is 6.54 Å². The molecule has 1 unspecified atom stereocenters. The normalized spacial score (nSPS) is 22.3. The van der Waals surface area contributed by atoms with Gasteiger partial charge in [0, 0.05) is 32.1 Å². The summed E-state index contributed by atoms with van der Waals surface area (Å²) in [5.41, 5.74) is -0.455. The minimum atomic E-state index is -0.455. The maximum absolute atomic E-state index is 12.3. The van der Waals surface area contributed by atoms with E-state index in [2.05, 4.69) is 20.1 Å². The number of aromatic nitrogens is 3. The maximum atomic E-state index is 12.3. The summed E-state index contributed by atoms with van der Waals surface area (Å²) < 4.78 is 7.70. The van der Waals surface area contributed by atoms with Gasteiger partial charge in [0.2, 0.25) is 0 Å². The van der Waals surface area contributed by atoms with Crippen molar-refractivity contribution in [3.8, 4) is 0 Å². The van der Waals surface area contributed by atoms with Crippen molar-refractivity contribution in [1.29, 1.82) is 0 Å². The number of hydrogen-bond acceptors (Lipinski definition) is 5. The number of nitrogens with one attached hydrogen (secondary N) is 1. The predicted octanol–water partition coefficient (Wildman–Crippen LogP) is 1.50. The molecule has 1 fully saturated rings. The average Bonchev–Trinajstić information content (AvgIpc) is 2.89. The lowest BCUT2D eigenvalue weighted by atomic mass is 9.97. The second kappa shape index (κ2) is 5.87. The molecule has 22 heavy (non-hydrogen) atoms. The van der Waals surface area contributed by atoms with Crippen molar-refractivity contribution in [2.24, 2.45) is 0 Å². The van der Waals surface area contributed by atoms with Crippen molar-refractivity contribution in [1.82, 2.24) is 25.0 Å². The molecular formula is C15H25N5O2. The van der Waals surface area contributed by atoms with Crippen LogP contribution in [0, 0.1) is 0 Å². The number of carbonyl (C=O) groups is 1. The summed E-state index contributed by atoms with van der Waals surface area (Å²) >= 11 is 0. The molecule has 2 aliphatic heterocycles. The van der Waals surface area contributed by atoms with Crippen LogP contribution in [0.2, 0.25) is 0 Å². The van der Waals surface area contributed by atoms with E-state index in [9.17, 15) is 4.79 Å². The SMILES string of the molecule is CC(C)(C)OC(=O)N1CCCC(c2nnc3n2CCNC3)C1. The molecule has 7 nitrogen and oxygen atoms in total. The van der Waals surface area contributed by atoms with Gasteiger partial charge < -0.3 is 19.5 Å². The Bertz CT molecular complexity index is 549. The zero-order valence-electron chi connectivity index (χ0n) is 13.6. The van der Waals surface area contributed by atoms with Gasteiger partial charge in [0.25, 0.3) is 0 Å². The van der Waals surface area contributed by atoms with Gasteiger partial charge in [0.1, 0.15) is 17.2 Å². The molecular weight excluding hydrogens is 282 g/mol. The molecule has 3 rings (SSSR count). The van der Waals surface area contributed by atoms with Crippen molar-refractivity contribution >= 4 is 6.09 Å². The van der Waals surface area contributed by atoms with Gasteiger partial charge in [-0.3, -0.25) is 0 Å². The molecule has 3 heterocycles. The number of nitrogens with zero attached hydrogens (tertiary/aromatic N) is 4. The fraction of sp³-hybridized carbons (Fsp3) is 0.800. The van der Waals surface area contributed by atoms with Crippen LogP contribution in [0.25, 0.3) is 0 Å². The summed E-state index contributed by atoms with van der Waals surface area (Å²) in [5.74, 6) is 2.26. The quantitative estimate of drug-likeness (QED) is 0.851. The van der Waals surface area contributed by atoms with Gasteiger partial charge in [-0.15, -0.1) is 10.2 Å². The Labute approximate surface area is 131 Å². The fourth-order valence-corrected chi connectivity index (χ4v) is 3.10. The zero-order valence-corrected chi connectivity index (χ0v) is 13.6. The molecule has 1 N–H and O–H groups in total. The first kappa shape index (κ1) is 15.3. The van der Waals surface area contributed by atoms with E-state index in [0.717, 1.165) is 50.7 Å². The molecule has 2 aliphatic rings. The zero-order chi connectivity index (χ0) is 15.7. The van der Waals surface area contributed by atoms with Crippen LogP contribution in [0.5, 0.6) is 0 Å². The first-order valence-electron chi connectivity index (χ1n) is 8.04. The summed E-state index contributed by atoms with van der Waals surface area (Å²) in [6.45, 7) is 9.74. The minimum absolute atomic E-state index is 0.225. The van der Waals surface area contributed by atoms with Gasteiger partial charge in [0.15, 0.2) is 0 Å².